The summed E-state index contributed by atoms with van der Waals surface area (Å²) in [6, 6.07) is 3.02. The highest BCUT2D eigenvalue weighted by atomic mass is 16.6. The van der Waals surface area contributed by atoms with E-state index in [1.165, 1.54) is 12.3 Å². The van der Waals surface area contributed by atoms with Crippen LogP contribution >= 0.6 is 0 Å². The molecule has 1 fully saturated rings. The van der Waals surface area contributed by atoms with E-state index in [1.807, 2.05) is 6.07 Å². The normalized spacial score (nSPS) is 19.1. The average molecular weight is 234 g/mol. The summed E-state index contributed by atoms with van der Waals surface area (Å²) in [5.74, 6) is 0.213. The van der Waals surface area contributed by atoms with Gasteiger partial charge in [0.25, 0.3) is 0 Å². The zero-order valence-electron chi connectivity index (χ0n) is 8.91. The van der Waals surface area contributed by atoms with Crippen molar-refractivity contribution in [3.05, 3.63) is 27.9 Å². The molecular weight excluding hydrogens is 224 g/mol. The zero-order chi connectivity index (χ0) is 12.4. The predicted octanol–water partition coefficient (Wildman–Crippen LogP) is 0.432. The maximum absolute atomic E-state index is 10.9. The molecule has 2 rings (SSSR count). The molecule has 1 aliphatic heterocycles. The number of rotatable bonds is 2. The lowest BCUT2D eigenvalue weighted by atomic mass is 10.2. The van der Waals surface area contributed by atoms with Crippen molar-refractivity contribution in [3.63, 3.8) is 0 Å². The molecule has 0 aliphatic carbocycles. The first-order valence-electron chi connectivity index (χ1n) is 5.09. The Labute approximate surface area is 97.1 Å². The third-order valence-corrected chi connectivity index (χ3v) is 2.64. The number of anilines is 1. The minimum absolute atomic E-state index is 0.153. The first kappa shape index (κ1) is 11.3. The van der Waals surface area contributed by atoms with Crippen molar-refractivity contribution in [1.82, 2.24) is 4.98 Å². The Hall–Kier alpha value is -2.20. The monoisotopic (exact) mass is 234 g/mol. The van der Waals surface area contributed by atoms with Crippen LogP contribution in [0.5, 0.6) is 0 Å². The molecule has 1 aromatic rings. The molecule has 1 N–H and O–H groups in total. The van der Waals surface area contributed by atoms with E-state index in [9.17, 15) is 15.2 Å². The van der Waals surface area contributed by atoms with Crippen LogP contribution in [0, 0.1) is 21.4 Å². The van der Waals surface area contributed by atoms with E-state index >= 15 is 0 Å². The first-order chi connectivity index (χ1) is 8.11. The van der Waals surface area contributed by atoms with Crippen LogP contribution < -0.4 is 4.90 Å². The summed E-state index contributed by atoms with van der Waals surface area (Å²) in [5.41, 5.74) is -0.0432. The van der Waals surface area contributed by atoms with Crippen LogP contribution in [0.15, 0.2) is 12.3 Å². The standard InChI is InChI=1S/C10H10N4O3/c11-4-7-3-9(14(16)17)10(12-5-7)13-2-1-8(15)6-13/h3,5,8,15H,1-2,6H2/t8-/m1/s1. The van der Waals surface area contributed by atoms with Crippen molar-refractivity contribution in [3.8, 4) is 6.07 Å². The van der Waals surface area contributed by atoms with Gasteiger partial charge in [-0.25, -0.2) is 4.98 Å². The number of aliphatic hydroxyl groups excluding tert-OH is 1. The topological polar surface area (TPSA) is 103 Å². The Bertz CT molecular complexity index is 497. The van der Waals surface area contributed by atoms with Gasteiger partial charge in [-0.1, -0.05) is 0 Å². The maximum atomic E-state index is 10.9. The number of aromatic nitrogens is 1. The van der Waals surface area contributed by atoms with E-state index in [4.69, 9.17) is 5.26 Å². The number of hydrogen-bond acceptors (Lipinski definition) is 6. The second-order valence-electron chi connectivity index (χ2n) is 3.82. The summed E-state index contributed by atoms with van der Waals surface area (Å²) in [4.78, 5) is 15.9. The molecule has 7 heteroatoms. The lowest BCUT2D eigenvalue weighted by Crippen LogP contribution is -2.23. The molecule has 0 unspecified atom stereocenters. The Morgan fingerprint density at radius 1 is 1.71 bits per heavy atom. The largest absolute Gasteiger partial charge is 0.391 e. The fourth-order valence-electron chi connectivity index (χ4n) is 1.82. The van der Waals surface area contributed by atoms with Gasteiger partial charge in [0.2, 0.25) is 5.82 Å². The van der Waals surface area contributed by atoms with Gasteiger partial charge in [-0.2, -0.15) is 5.26 Å². The quantitative estimate of drug-likeness (QED) is 0.588. The van der Waals surface area contributed by atoms with E-state index in [-0.39, 0.29) is 17.1 Å². The fraction of sp³-hybridized carbons (Fsp3) is 0.400. The summed E-state index contributed by atoms with van der Waals surface area (Å²) in [6.07, 6.45) is 1.39. The van der Waals surface area contributed by atoms with Crippen LogP contribution in [0.4, 0.5) is 11.5 Å². The molecule has 1 aromatic heterocycles. The van der Waals surface area contributed by atoms with Crippen molar-refractivity contribution in [1.29, 1.82) is 5.26 Å². The lowest BCUT2D eigenvalue weighted by molar-refractivity contribution is -0.384. The van der Waals surface area contributed by atoms with E-state index in [1.54, 1.807) is 4.90 Å². The van der Waals surface area contributed by atoms with Crippen molar-refractivity contribution >= 4 is 11.5 Å². The molecule has 88 valence electrons. The van der Waals surface area contributed by atoms with Gasteiger partial charge in [0, 0.05) is 25.4 Å². The molecule has 1 atom stereocenters. The molecule has 0 bridgehead atoms. The van der Waals surface area contributed by atoms with Gasteiger partial charge < -0.3 is 10.0 Å². The molecule has 0 amide bonds. The van der Waals surface area contributed by atoms with E-state index < -0.39 is 11.0 Å². The molecule has 0 saturated carbocycles. The van der Waals surface area contributed by atoms with Crippen molar-refractivity contribution in [2.75, 3.05) is 18.0 Å². The molecule has 0 spiro atoms. The minimum atomic E-state index is -0.562. The van der Waals surface area contributed by atoms with E-state index in [2.05, 4.69) is 4.98 Å². The highest BCUT2D eigenvalue weighted by molar-refractivity contribution is 5.60. The van der Waals surface area contributed by atoms with Gasteiger partial charge >= 0.3 is 5.69 Å². The summed E-state index contributed by atoms with van der Waals surface area (Å²) >= 11 is 0. The van der Waals surface area contributed by atoms with Gasteiger partial charge in [-0.15, -0.1) is 0 Å². The lowest BCUT2D eigenvalue weighted by Gasteiger charge is -2.15. The molecule has 1 aliphatic rings. The van der Waals surface area contributed by atoms with Gasteiger partial charge in [0.05, 0.1) is 16.6 Å². The van der Waals surface area contributed by atoms with E-state index in [0.29, 0.717) is 19.5 Å². The van der Waals surface area contributed by atoms with Crippen LogP contribution in [0.25, 0.3) is 0 Å². The summed E-state index contributed by atoms with van der Waals surface area (Å²) < 4.78 is 0. The average Bonchev–Trinajstić information content (AvgIpc) is 2.75. The van der Waals surface area contributed by atoms with Crippen molar-refractivity contribution < 1.29 is 10.0 Å². The van der Waals surface area contributed by atoms with Gasteiger partial charge in [0.1, 0.15) is 6.07 Å². The number of nitriles is 1. The highest BCUT2D eigenvalue weighted by Gasteiger charge is 2.27. The van der Waals surface area contributed by atoms with Gasteiger partial charge in [-0.05, 0) is 6.42 Å². The molecule has 7 nitrogen and oxygen atoms in total. The maximum Gasteiger partial charge on any atom is 0.312 e. The molecular formula is C10H10N4O3. The Morgan fingerprint density at radius 3 is 3.00 bits per heavy atom. The number of nitrogens with zero attached hydrogens (tertiary/aromatic N) is 4. The van der Waals surface area contributed by atoms with E-state index in [0.717, 1.165) is 0 Å². The molecule has 2 heterocycles. The second-order valence-corrected chi connectivity index (χ2v) is 3.82. The summed E-state index contributed by atoms with van der Waals surface area (Å²) in [5, 5.41) is 29.0. The number of aliphatic hydroxyl groups is 1. The third kappa shape index (κ3) is 2.16. The van der Waals surface area contributed by atoms with Crippen LogP contribution in [0.3, 0.4) is 0 Å². The molecule has 17 heavy (non-hydrogen) atoms. The van der Waals surface area contributed by atoms with Crippen LogP contribution in [-0.4, -0.2) is 34.2 Å². The zero-order valence-corrected chi connectivity index (χ0v) is 8.91. The molecule has 0 aromatic carbocycles. The van der Waals surface area contributed by atoms with Crippen LogP contribution in [-0.2, 0) is 0 Å². The minimum Gasteiger partial charge on any atom is -0.391 e. The number of nitro groups is 1. The molecule has 0 radical (unpaired) electrons. The number of β-amino-alcohol motifs (C(OH)–C–C–N with tert-alkyl or cyclic N) is 1. The fourth-order valence-corrected chi connectivity index (χ4v) is 1.82. The van der Waals surface area contributed by atoms with Crippen molar-refractivity contribution in [2.45, 2.75) is 12.5 Å². The van der Waals surface area contributed by atoms with Crippen LogP contribution in [0.1, 0.15) is 12.0 Å². The smallest absolute Gasteiger partial charge is 0.312 e. The van der Waals surface area contributed by atoms with Gasteiger partial charge in [-0.3, -0.25) is 10.1 Å². The number of pyridine rings is 1. The first-order valence-corrected chi connectivity index (χ1v) is 5.09. The summed E-state index contributed by atoms with van der Waals surface area (Å²) in [7, 11) is 0. The van der Waals surface area contributed by atoms with Gasteiger partial charge in [0.15, 0.2) is 0 Å². The Kier molecular flexibility index (Phi) is 2.89. The Balaban J connectivity index is 2.40. The van der Waals surface area contributed by atoms with Crippen LogP contribution in [0.2, 0.25) is 0 Å². The summed E-state index contributed by atoms with van der Waals surface area (Å²) in [6.45, 7) is 0.862. The predicted molar refractivity (Wildman–Crippen MR) is 58.4 cm³/mol. The number of hydrogen-bond donors (Lipinski definition) is 1. The second kappa shape index (κ2) is 4.35. The van der Waals surface area contributed by atoms with Crippen molar-refractivity contribution in [2.24, 2.45) is 0 Å². The Morgan fingerprint density at radius 2 is 2.47 bits per heavy atom. The molecule has 1 saturated heterocycles. The highest BCUT2D eigenvalue weighted by Crippen LogP contribution is 2.28. The third-order valence-electron chi connectivity index (χ3n) is 2.64. The SMILES string of the molecule is N#Cc1cnc(N2CC[C@@H](O)C2)c([N+](=O)[O-])c1.